The van der Waals surface area contributed by atoms with Crippen LogP contribution in [0.1, 0.15) is 20.8 Å². The highest BCUT2D eigenvalue weighted by Gasteiger charge is 2.37. The molecule has 24 heavy (non-hydrogen) atoms. The lowest BCUT2D eigenvalue weighted by Crippen LogP contribution is -2.51. The van der Waals surface area contributed by atoms with Gasteiger partial charge >= 0.3 is 5.97 Å². The molecule has 8 heteroatoms. The number of aliphatic carboxylic acids is 1. The number of sulfonamides is 1. The number of benzene rings is 1. The van der Waals surface area contributed by atoms with Crippen LogP contribution >= 0.6 is 12.6 Å². The Balaban J connectivity index is 2.98. The molecule has 0 saturated carbocycles. The lowest BCUT2D eigenvalue weighted by molar-refractivity contribution is -0.141. The second-order valence-corrected chi connectivity index (χ2v) is 7.76. The van der Waals surface area contributed by atoms with Crippen molar-refractivity contribution >= 4 is 28.6 Å². The molecule has 1 rings (SSSR count). The van der Waals surface area contributed by atoms with Gasteiger partial charge in [0.25, 0.3) is 0 Å². The number of ether oxygens (including phenoxy) is 1. The molecule has 0 aliphatic rings. The van der Waals surface area contributed by atoms with E-state index in [1.165, 1.54) is 24.3 Å². The first-order chi connectivity index (χ1) is 11.1. The molecule has 0 amide bonds. The average Bonchev–Trinajstić information content (AvgIpc) is 2.53. The molecule has 0 heterocycles. The number of carboxylic acids is 1. The molecule has 0 fully saturated rings. The molecule has 0 aromatic heterocycles. The quantitative estimate of drug-likeness (QED) is 0.478. The Bertz CT molecular complexity index is 730. The normalized spacial score (nSPS) is 12.8. The summed E-state index contributed by atoms with van der Waals surface area (Å²) in [6, 6.07) is 4.39. The van der Waals surface area contributed by atoms with E-state index in [-0.39, 0.29) is 17.3 Å². The van der Waals surface area contributed by atoms with Gasteiger partial charge < -0.3 is 9.84 Å². The molecule has 2 N–H and O–H groups in total. The average molecular weight is 371 g/mol. The van der Waals surface area contributed by atoms with Crippen LogP contribution in [0.25, 0.3) is 0 Å². The third-order valence-corrected chi connectivity index (χ3v) is 5.58. The van der Waals surface area contributed by atoms with Crippen molar-refractivity contribution < 1.29 is 23.1 Å². The SMILES string of the molecule is CC#CCOc1ccc(S(=O)(=O)NC(C(=O)O)C(C)(C)CS)cc1. The van der Waals surface area contributed by atoms with Gasteiger partial charge in [-0.3, -0.25) is 4.79 Å². The Morgan fingerprint density at radius 1 is 1.38 bits per heavy atom. The Morgan fingerprint density at radius 3 is 2.42 bits per heavy atom. The van der Waals surface area contributed by atoms with E-state index in [1.54, 1.807) is 20.8 Å². The Labute approximate surface area is 148 Å². The minimum Gasteiger partial charge on any atom is -0.481 e. The van der Waals surface area contributed by atoms with Crippen LogP contribution in [0.2, 0.25) is 0 Å². The van der Waals surface area contributed by atoms with Crippen molar-refractivity contribution in [2.45, 2.75) is 31.7 Å². The predicted molar refractivity (Wildman–Crippen MR) is 94.8 cm³/mol. The number of nitrogens with one attached hydrogen (secondary N) is 1. The van der Waals surface area contributed by atoms with E-state index >= 15 is 0 Å². The number of thiol groups is 1. The second-order valence-electron chi connectivity index (χ2n) is 5.73. The summed E-state index contributed by atoms with van der Waals surface area (Å²) in [5.41, 5.74) is -0.857. The summed E-state index contributed by atoms with van der Waals surface area (Å²) in [7, 11) is -3.99. The summed E-state index contributed by atoms with van der Waals surface area (Å²) in [5, 5.41) is 9.32. The first kappa shape index (κ1) is 20.4. The molecule has 0 saturated heterocycles. The standard InChI is InChI=1S/C16H21NO5S2/c1-4-5-10-22-12-6-8-13(9-7-12)24(20,21)17-14(15(18)19)16(2,3)11-23/h6-9,14,17,23H,10-11H2,1-3H3,(H,18,19). The van der Waals surface area contributed by atoms with Gasteiger partial charge in [0.05, 0.1) is 4.90 Å². The fraction of sp³-hybridized carbons (Fsp3) is 0.438. The van der Waals surface area contributed by atoms with Crippen LogP contribution in [0.15, 0.2) is 29.2 Å². The third-order valence-electron chi connectivity index (χ3n) is 3.33. The van der Waals surface area contributed by atoms with Crippen molar-refractivity contribution in [3.63, 3.8) is 0 Å². The highest BCUT2D eigenvalue weighted by molar-refractivity contribution is 7.89. The molecule has 0 spiro atoms. The topological polar surface area (TPSA) is 92.7 Å². The van der Waals surface area contributed by atoms with Crippen molar-refractivity contribution in [3.05, 3.63) is 24.3 Å². The van der Waals surface area contributed by atoms with Gasteiger partial charge in [0.15, 0.2) is 0 Å². The zero-order valence-electron chi connectivity index (χ0n) is 13.7. The molecule has 0 aliphatic carbocycles. The van der Waals surface area contributed by atoms with Crippen molar-refractivity contribution in [3.8, 4) is 17.6 Å². The van der Waals surface area contributed by atoms with Gasteiger partial charge in [-0.1, -0.05) is 19.8 Å². The minimum atomic E-state index is -3.99. The maximum Gasteiger partial charge on any atom is 0.322 e. The van der Waals surface area contributed by atoms with Crippen LogP contribution in [0.3, 0.4) is 0 Å². The van der Waals surface area contributed by atoms with E-state index in [1.807, 2.05) is 0 Å². The van der Waals surface area contributed by atoms with Crippen LogP contribution < -0.4 is 9.46 Å². The molecule has 1 aromatic carbocycles. The van der Waals surface area contributed by atoms with Crippen LogP contribution in [-0.4, -0.2) is 37.9 Å². The Morgan fingerprint density at radius 2 is 1.96 bits per heavy atom. The van der Waals surface area contributed by atoms with E-state index in [4.69, 9.17) is 4.74 Å². The zero-order chi connectivity index (χ0) is 18.4. The highest BCUT2D eigenvalue weighted by atomic mass is 32.2. The van der Waals surface area contributed by atoms with Gasteiger partial charge in [0, 0.05) is 5.41 Å². The lowest BCUT2D eigenvalue weighted by atomic mass is 9.87. The van der Waals surface area contributed by atoms with Gasteiger partial charge in [0.1, 0.15) is 18.4 Å². The monoisotopic (exact) mass is 371 g/mol. The first-order valence-corrected chi connectivity index (χ1v) is 9.24. The fourth-order valence-electron chi connectivity index (χ4n) is 1.77. The van der Waals surface area contributed by atoms with Gasteiger partial charge in [-0.25, -0.2) is 8.42 Å². The minimum absolute atomic E-state index is 0.0439. The van der Waals surface area contributed by atoms with Crippen LogP contribution in [0, 0.1) is 17.3 Å². The molecule has 1 aromatic rings. The maximum absolute atomic E-state index is 12.4. The molecule has 1 atom stereocenters. The summed E-state index contributed by atoms with van der Waals surface area (Å²) >= 11 is 4.10. The van der Waals surface area contributed by atoms with E-state index in [2.05, 4.69) is 29.2 Å². The van der Waals surface area contributed by atoms with Crippen molar-refractivity contribution in [1.82, 2.24) is 4.72 Å². The molecule has 1 unspecified atom stereocenters. The van der Waals surface area contributed by atoms with E-state index in [0.717, 1.165) is 0 Å². The van der Waals surface area contributed by atoms with Crippen molar-refractivity contribution in [2.24, 2.45) is 5.41 Å². The maximum atomic E-state index is 12.4. The van der Waals surface area contributed by atoms with E-state index in [0.29, 0.717) is 5.75 Å². The van der Waals surface area contributed by atoms with Gasteiger partial charge in [-0.05, 0) is 36.9 Å². The molecule has 132 valence electrons. The lowest BCUT2D eigenvalue weighted by Gasteiger charge is -2.30. The summed E-state index contributed by atoms with van der Waals surface area (Å²) in [6.07, 6.45) is 0. The molecular weight excluding hydrogens is 350 g/mol. The van der Waals surface area contributed by atoms with Gasteiger partial charge in [-0.2, -0.15) is 17.4 Å². The molecule has 0 bridgehead atoms. The van der Waals surface area contributed by atoms with Crippen molar-refractivity contribution in [1.29, 1.82) is 0 Å². The number of carbonyl (C=O) groups is 1. The molecule has 0 aliphatic heterocycles. The number of hydrogen-bond acceptors (Lipinski definition) is 5. The zero-order valence-corrected chi connectivity index (χ0v) is 15.4. The summed E-state index contributed by atoms with van der Waals surface area (Å²) in [6.45, 7) is 5.16. The highest BCUT2D eigenvalue weighted by Crippen LogP contribution is 2.25. The molecular formula is C16H21NO5S2. The van der Waals surface area contributed by atoms with Crippen LogP contribution in [0.4, 0.5) is 0 Å². The summed E-state index contributed by atoms with van der Waals surface area (Å²) in [5.74, 6) is 4.84. The van der Waals surface area contributed by atoms with Gasteiger partial charge in [-0.15, -0.1) is 5.92 Å². The Hall–Kier alpha value is -1.69. The number of rotatable bonds is 8. The largest absolute Gasteiger partial charge is 0.481 e. The molecule has 6 nitrogen and oxygen atoms in total. The predicted octanol–water partition coefficient (Wildman–Crippen LogP) is 1.78. The second kappa shape index (κ2) is 8.42. The van der Waals surface area contributed by atoms with Crippen LogP contribution in [0.5, 0.6) is 5.75 Å². The van der Waals surface area contributed by atoms with Crippen LogP contribution in [-0.2, 0) is 14.8 Å². The Kier molecular flexibility index (Phi) is 7.14. The third kappa shape index (κ3) is 5.44. The van der Waals surface area contributed by atoms with E-state index in [9.17, 15) is 18.3 Å². The summed E-state index contributed by atoms with van der Waals surface area (Å²) < 4.78 is 32.4. The number of hydrogen-bond donors (Lipinski definition) is 3. The number of carboxylic acid groups (broad SMARTS) is 1. The van der Waals surface area contributed by atoms with Crippen molar-refractivity contribution in [2.75, 3.05) is 12.4 Å². The smallest absolute Gasteiger partial charge is 0.322 e. The fourth-order valence-corrected chi connectivity index (χ4v) is 3.31. The summed E-state index contributed by atoms with van der Waals surface area (Å²) in [4.78, 5) is 11.4. The van der Waals surface area contributed by atoms with Gasteiger partial charge in [0.2, 0.25) is 10.0 Å². The first-order valence-electron chi connectivity index (χ1n) is 7.12. The molecule has 0 radical (unpaired) electrons. The van der Waals surface area contributed by atoms with E-state index < -0.39 is 27.4 Å².